The van der Waals surface area contributed by atoms with E-state index in [1.165, 1.54) is 6.42 Å². The lowest BCUT2D eigenvalue weighted by Crippen LogP contribution is -2.44. The van der Waals surface area contributed by atoms with Gasteiger partial charge in [-0.2, -0.15) is 4.98 Å². The van der Waals surface area contributed by atoms with Gasteiger partial charge in [0, 0.05) is 25.2 Å². The van der Waals surface area contributed by atoms with Crippen molar-refractivity contribution in [1.29, 1.82) is 0 Å². The average Bonchev–Trinajstić information content (AvgIpc) is 2.77. The number of likely N-dealkylation sites (tertiary alicyclic amines) is 1. The summed E-state index contributed by atoms with van der Waals surface area (Å²) in [5.41, 5.74) is 0. The highest BCUT2D eigenvalue weighted by Gasteiger charge is 2.43. The van der Waals surface area contributed by atoms with E-state index in [-0.39, 0.29) is 0 Å². The van der Waals surface area contributed by atoms with Crippen molar-refractivity contribution in [1.82, 2.24) is 15.0 Å². The lowest BCUT2D eigenvalue weighted by atomic mass is 10.2. The van der Waals surface area contributed by atoms with Crippen molar-refractivity contribution in [3.8, 4) is 0 Å². The molecule has 1 aromatic heterocycles. The van der Waals surface area contributed by atoms with Crippen molar-refractivity contribution in [3.63, 3.8) is 0 Å². The number of aromatic nitrogens is 2. The zero-order valence-corrected chi connectivity index (χ0v) is 8.47. The summed E-state index contributed by atoms with van der Waals surface area (Å²) in [4.78, 5) is 8.91. The number of rotatable bonds is 1. The fourth-order valence-corrected chi connectivity index (χ4v) is 2.50. The minimum atomic E-state index is 0.574. The van der Waals surface area contributed by atoms with Gasteiger partial charge in [0.05, 0.1) is 0 Å². The van der Waals surface area contributed by atoms with E-state index in [0.29, 0.717) is 18.1 Å². The second-order valence-electron chi connectivity index (χ2n) is 4.26. The smallest absolute Gasteiger partial charge is 0.319 e. The highest BCUT2D eigenvalue weighted by molar-refractivity contribution is 5.33. The molecule has 14 heavy (non-hydrogen) atoms. The van der Waals surface area contributed by atoms with Gasteiger partial charge in [0.25, 0.3) is 0 Å². The highest BCUT2D eigenvalue weighted by Crippen LogP contribution is 2.32. The van der Waals surface area contributed by atoms with Crippen LogP contribution in [0.25, 0.3) is 0 Å². The SMILES string of the molecule is Cc1noc(N2C[C@@H]3C[C@H]2CN3C)n1. The molecule has 3 heterocycles. The summed E-state index contributed by atoms with van der Waals surface area (Å²) in [6.45, 7) is 4.00. The Morgan fingerprint density at radius 1 is 1.36 bits per heavy atom. The van der Waals surface area contributed by atoms with E-state index in [1.54, 1.807) is 0 Å². The van der Waals surface area contributed by atoms with E-state index in [9.17, 15) is 0 Å². The molecule has 2 bridgehead atoms. The molecule has 2 atom stereocenters. The minimum Gasteiger partial charge on any atom is -0.319 e. The number of aryl methyl sites for hydroxylation is 1. The van der Waals surface area contributed by atoms with Gasteiger partial charge in [-0.05, 0) is 20.4 Å². The zero-order valence-electron chi connectivity index (χ0n) is 8.47. The number of likely N-dealkylation sites (N-methyl/N-ethyl adjacent to an activating group) is 1. The molecule has 0 radical (unpaired) electrons. The van der Waals surface area contributed by atoms with Gasteiger partial charge < -0.3 is 9.42 Å². The second kappa shape index (κ2) is 2.70. The maximum Gasteiger partial charge on any atom is 0.324 e. The monoisotopic (exact) mass is 194 g/mol. The van der Waals surface area contributed by atoms with Crippen molar-refractivity contribution in [2.45, 2.75) is 25.4 Å². The van der Waals surface area contributed by atoms with E-state index in [2.05, 4.69) is 27.0 Å². The van der Waals surface area contributed by atoms with Crippen molar-refractivity contribution in [2.75, 3.05) is 25.0 Å². The fourth-order valence-electron chi connectivity index (χ4n) is 2.50. The van der Waals surface area contributed by atoms with Crippen molar-refractivity contribution in [3.05, 3.63) is 5.82 Å². The van der Waals surface area contributed by atoms with Crippen molar-refractivity contribution < 1.29 is 4.52 Å². The van der Waals surface area contributed by atoms with E-state index in [1.807, 2.05) is 6.92 Å². The summed E-state index contributed by atoms with van der Waals surface area (Å²) in [6.07, 6.45) is 1.23. The zero-order chi connectivity index (χ0) is 9.71. The van der Waals surface area contributed by atoms with Crippen molar-refractivity contribution >= 4 is 6.01 Å². The van der Waals surface area contributed by atoms with Gasteiger partial charge >= 0.3 is 6.01 Å². The Balaban J connectivity index is 1.83. The molecule has 0 unspecified atom stereocenters. The van der Waals surface area contributed by atoms with Crippen LogP contribution in [0.15, 0.2) is 4.52 Å². The van der Waals surface area contributed by atoms with Gasteiger partial charge in [0.15, 0.2) is 5.82 Å². The standard InChI is InChI=1S/C9H14N4O/c1-6-10-9(14-11-6)13-5-7-3-8(13)4-12(7)2/h7-8H,3-5H2,1-2H3/t7-,8-/m0/s1. The van der Waals surface area contributed by atoms with Crippen LogP contribution in [0.1, 0.15) is 12.2 Å². The summed E-state index contributed by atoms with van der Waals surface area (Å²) < 4.78 is 5.18. The largest absolute Gasteiger partial charge is 0.324 e. The van der Waals surface area contributed by atoms with Gasteiger partial charge in [0.2, 0.25) is 0 Å². The molecule has 2 aliphatic rings. The predicted molar refractivity (Wildman–Crippen MR) is 51.2 cm³/mol. The first-order chi connectivity index (χ1) is 6.74. The number of piperazine rings is 1. The molecule has 76 valence electrons. The topological polar surface area (TPSA) is 45.4 Å². The van der Waals surface area contributed by atoms with Gasteiger partial charge in [-0.25, -0.2) is 0 Å². The van der Waals surface area contributed by atoms with Gasteiger partial charge in [-0.15, -0.1) is 0 Å². The van der Waals surface area contributed by atoms with Crippen molar-refractivity contribution in [2.24, 2.45) is 0 Å². The normalized spacial score (nSPS) is 31.7. The van der Waals surface area contributed by atoms with E-state index < -0.39 is 0 Å². The van der Waals surface area contributed by atoms with Crippen LogP contribution in [-0.4, -0.2) is 47.3 Å². The molecule has 3 rings (SSSR count). The molecule has 0 N–H and O–H groups in total. The Morgan fingerprint density at radius 2 is 2.21 bits per heavy atom. The quantitative estimate of drug-likeness (QED) is 0.642. The van der Waals surface area contributed by atoms with E-state index in [4.69, 9.17) is 4.52 Å². The average molecular weight is 194 g/mol. The second-order valence-corrected chi connectivity index (χ2v) is 4.26. The van der Waals surface area contributed by atoms with Crippen LogP contribution in [0, 0.1) is 6.92 Å². The summed E-state index contributed by atoms with van der Waals surface area (Å²) in [7, 11) is 2.18. The molecule has 5 heteroatoms. The highest BCUT2D eigenvalue weighted by atomic mass is 16.5. The number of hydrogen-bond donors (Lipinski definition) is 0. The molecule has 0 aliphatic carbocycles. The third-order valence-corrected chi connectivity index (χ3v) is 3.28. The van der Waals surface area contributed by atoms with Crippen LogP contribution in [0.5, 0.6) is 0 Å². The Kier molecular flexibility index (Phi) is 1.58. The van der Waals surface area contributed by atoms with Crippen LogP contribution in [0.4, 0.5) is 6.01 Å². The molecule has 0 saturated carbocycles. The fraction of sp³-hybridized carbons (Fsp3) is 0.778. The summed E-state index contributed by atoms with van der Waals surface area (Å²) in [5.74, 6) is 0.719. The third kappa shape index (κ3) is 1.05. The lowest BCUT2D eigenvalue weighted by Gasteiger charge is -2.30. The van der Waals surface area contributed by atoms with Crippen LogP contribution >= 0.6 is 0 Å². The number of anilines is 1. The first-order valence-corrected chi connectivity index (χ1v) is 5.01. The van der Waals surface area contributed by atoms with Crippen LogP contribution in [0.3, 0.4) is 0 Å². The van der Waals surface area contributed by atoms with Gasteiger partial charge in [-0.1, -0.05) is 5.16 Å². The molecule has 0 amide bonds. The Morgan fingerprint density at radius 3 is 2.71 bits per heavy atom. The Hall–Kier alpha value is -1.10. The molecular formula is C9H14N4O. The predicted octanol–water partition coefficient (Wildman–Crippen LogP) is 0.271. The van der Waals surface area contributed by atoms with E-state index >= 15 is 0 Å². The Bertz CT molecular complexity index is 348. The molecule has 1 aromatic rings. The third-order valence-electron chi connectivity index (χ3n) is 3.28. The number of hydrogen-bond acceptors (Lipinski definition) is 5. The number of fused-ring (bicyclic) bond motifs is 2. The maximum absolute atomic E-state index is 5.18. The minimum absolute atomic E-state index is 0.574. The van der Waals surface area contributed by atoms with Gasteiger partial charge in [0.1, 0.15) is 0 Å². The van der Waals surface area contributed by atoms with E-state index in [0.717, 1.165) is 18.9 Å². The lowest BCUT2D eigenvalue weighted by molar-refractivity contribution is 0.283. The summed E-state index contributed by atoms with van der Waals surface area (Å²) >= 11 is 0. The first kappa shape index (κ1) is 8.23. The molecule has 2 saturated heterocycles. The molecule has 0 spiro atoms. The Labute approximate surface area is 82.7 Å². The molecule has 0 aromatic carbocycles. The summed E-state index contributed by atoms with van der Waals surface area (Å²) in [6, 6.07) is 1.94. The molecule has 2 fully saturated rings. The van der Waals surface area contributed by atoms with Crippen LogP contribution in [-0.2, 0) is 0 Å². The van der Waals surface area contributed by atoms with Crippen LogP contribution < -0.4 is 4.90 Å². The molecule has 2 aliphatic heterocycles. The molecular weight excluding hydrogens is 180 g/mol. The summed E-state index contributed by atoms with van der Waals surface area (Å²) in [5, 5.41) is 3.82. The molecule has 5 nitrogen and oxygen atoms in total. The van der Waals surface area contributed by atoms with Crippen LogP contribution in [0.2, 0.25) is 0 Å². The first-order valence-electron chi connectivity index (χ1n) is 5.01. The van der Waals surface area contributed by atoms with Gasteiger partial charge in [-0.3, -0.25) is 4.90 Å². The maximum atomic E-state index is 5.18. The number of nitrogens with zero attached hydrogens (tertiary/aromatic N) is 4.